The first-order chi connectivity index (χ1) is 9.05. The van der Waals surface area contributed by atoms with E-state index in [0.717, 1.165) is 4.31 Å². The van der Waals surface area contributed by atoms with Crippen LogP contribution in [0.2, 0.25) is 0 Å². The van der Waals surface area contributed by atoms with Crippen molar-refractivity contribution in [3.05, 3.63) is 0 Å². The van der Waals surface area contributed by atoms with Gasteiger partial charge in [0.2, 0.25) is 0 Å². The first-order valence-corrected chi connectivity index (χ1v) is 7.97. The molecule has 1 aliphatic heterocycles. The lowest BCUT2D eigenvalue weighted by Gasteiger charge is -2.37. The fourth-order valence-electron chi connectivity index (χ4n) is 2.10. The van der Waals surface area contributed by atoms with Gasteiger partial charge >= 0.3 is 6.18 Å². The summed E-state index contributed by atoms with van der Waals surface area (Å²) in [6.45, 7) is 2.88. The van der Waals surface area contributed by atoms with E-state index in [0.29, 0.717) is 30.2 Å². The Balaban J connectivity index is 3.02. The van der Waals surface area contributed by atoms with Crippen LogP contribution in [-0.4, -0.2) is 62.0 Å². The summed E-state index contributed by atoms with van der Waals surface area (Å²) in [6.07, 6.45) is -3.77. The van der Waals surface area contributed by atoms with Gasteiger partial charge in [-0.2, -0.15) is 30.2 Å². The van der Waals surface area contributed by atoms with E-state index in [1.54, 1.807) is 13.8 Å². The number of hydrogen-bond donors (Lipinski definition) is 1. The average molecular weight is 317 g/mol. The Kier molecular flexibility index (Phi) is 5.82. The molecule has 0 saturated carbocycles. The number of nitrogens with one attached hydrogen (secondary N) is 1. The number of halogens is 3. The monoisotopic (exact) mass is 317 g/mol. The summed E-state index contributed by atoms with van der Waals surface area (Å²) < 4.78 is 64.5. The maximum Gasteiger partial charge on any atom is 0.402 e. The highest BCUT2D eigenvalue weighted by Crippen LogP contribution is 2.25. The van der Waals surface area contributed by atoms with E-state index in [4.69, 9.17) is 0 Å². The summed E-state index contributed by atoms with van der Waals surface area (Å²) in [5.41, 5.74) is 0. The molecule has 1 saturated heterocycles. The zero-order chi connectivity index (χ0) is 15.6. The van der Waals surface area contributed by atoms with Crippen molar-refractivity contribution >= 4 is 10.2 Å². The van der Waals surface area contributed by atoms with Crippen molar-refractivity contribution in [3.63, 3.8) is 0 Å². The van der Waals surface area contributed by atoms with Crippen molar-refractivity contribution in [2.75, 3.05) is 26.7 Å². The molecule has 1 rings (SSSR count). The van der Waals surface area contributed by atoms with Crippen molar-refractivity contribution in [2.45, 2.75) is 44.9 Å². The fourth-order valence-corrected chi connectivity index (χ4v) is 3.86. The van der Waals surface area contributed by atoms with Gasteiger partial charge in [-0.15, -0.1) is 0 Å². The van der Waals surface area contributed by atoms with Gasteiger partial charge in [0.05, 0.1) is 0 Å². The predicted molar refractivity (Wildman–Crippen MR) is 70.5 cm³/mol. The van der Waals surface area contributed by atoms with E-state index < -0.39 is 35.0 Å². The van der Waals surface area contributed by atoms with Crippen LogP contribution < -0.4 is 5.32 Å². The minimum absolute atomic E-state index is 0.390. The summed E-state index contributed by atoms with van der Waals surface area (Å²) in [5.74, 6) is 0. The molecule has 9 heteroatoms. The van der Waals surface area contributed by atoms with Crippen LogP contribution in [0, 0.1) is 0 Å². The van der Waals surface area contributed by atoms with Crippen LogP contribution in [0.5, 0.6) is 0 Å². The molecule has 0 aromatic rings. The molecule has 0 radical (unpaired) electrons. The van der Waals surface area contributed by atoms with E-state index in [2.05, 4.69) is 5.32 Å². The van der Waals surface area contributed by atoms with Gasteiger partial charge in [0.15, 0.2) is 0 Å². The molecule has 120 valence electrons. The Bertz CT molecular complexity index is 406. The largest absolute Gasteiger partial charge is 0.402 e. The normalized spacial score (nSPS) is 19.2. The second kappa shape index (κ2) is 6.59. The lowest BCUT2D eigenvalue weighted by Crippen LogP contribution is -2.54. The fraction of sp³-hybridized carbons (Fsp3) is 1.00. The zero-order valence-electron chi connectivity index (χ0n) is 11.9. The quantitative estimate of drug-likeness (QED) is 0.829. The third kappa shape index (κ3) is 4.57. The van der Waals surface area contributed by atoms with Crippen molar-refractivity contribution in [3.8, 4) is 0 Å². The van der Waals surface area contributed by atoms with Gasteiger partial charge in [0.25, 0.3) is 10.2 Å². The van der Waals surface area contributed by atoms with E-state index >= 15 is 0 Å². The third-order valence-electron chi connectivity index (χ3n) is 3.44. The maximum atomic E-state index is 12.7. The standard InChI is InChI=1S/C11H22F3N3O2S/c1-9(2)16(3)20(18,19)17(8-11(12,13)14)10-4-6-15-7-5-10/h9-10,15H,4-8H2,1-3H3. The molecule has 0 spiro atoms. The highest BCUT2D eigenvalue weighted by molar-refractivity contribution is 7.86. The summed E-state index contributed by atoms with van der Waals surface area (Å²) in [5, 5.41) is 3.02. The van der Waals surface area contributed by atoms with Crippen LogP contribution in [0.1, 0.15) is 26.7 Å². The number of nitrogens with zero attached hydrogens (tertiary/aromatic N) is 2. The molecular weight excluding hydrogens is 295 g/mol. The summed E-state index contributed by atoms with van der Waals surface area (Å²) in [6, 6.07) is -0.999. The molecule has 20 heavy (non-hydrogen) atoms. The van der Waals surface area contributed by atoms with Crippen molar-refractivity contribution in [2.24, 2.45) is 0 Å². The minimum Gasteiger partial charge on any atom is -0.317 e. The first kappa shape index (κ1) is 17.7. The highest BCUT2D eigenvalue weighted by atomic mass is 32.2. The van der Waals surface area contributed by atoms with Crippen LogP contribution >= 0.6 is 0 Å². The molecule has 1 N–H and O–H groups in total. The molecule has 1 heterocycles. The Morgan fingerprint density at radius 3 is 2.15 bits per heavy atom. The summed E-state index contributed by atoms with van der Waals surface area (Å²) in [4.78, 5) is 0. The van der Waals surface area contributed by atoms with Crippen LogP contribution in [0.3, 0.4) is 0 Å². The molecule has 0 amide bonds. The highest BCUT2D eigenvalue weighted by Gasteiger charge is 2.42. The molecular formula is C11H22F3N3O2S. The molecule has 0 atom stereocenters. The molecule has 0 aliphatic carbocycles. The molecule has 0 bridgehead atoms. The van der Waals surface area contributed by atoms with E-state index in [1.807, 2.05) is 0 Å². The lowest BCUT2D eigenvalue weighted by atomic mass is 10.1. The summed E-state index contributed by atoms with van der Waals surface area (Å²) in [7, 11) is -2.80. The first-order valence-electron chi connectivity index (χ1n) is 6.58. The molecule has 5 nitrogen and oxygen atoms in total. The van der Waals surface area contributed by atoms with Crippen molar-refractivity contribution < 1.29 is 21.6 Å². The topological polar surface area (TPSA) is 52.7 Å². The Labute approximate surface area is 118 Å². The van der Waals surface area contributed by atoms with Gasteiger partial charge in [-0.1, -0.05) is 0 Å². The van der Waals surface area contributed by atoms with Gasteiger partial charge in [-0.25, -0.2) is 0 Å². The molecule has 1 aliphatic rings. The lowest BCUT2D eigenvalue weighted by molar-refractivity contribution is -0.140. The minimum atomic E-state index is -4.55. The Morgan fingerprint density at radius 1 is 1.25 bits per heavy atom. The predicted octanol–water partition coefficient (Wildman–Crippen LogP) is 1.19. The maximum absolute atomic E-state index is 12.7. The number of piperidine rings is 1. The second-order valence-electron chi connectivity index (χ2n) is 5.26. The number of rotatable bonds is 5. The van der Waals surface area contributed by atoms with Gasteiger partial charge < -0.3 is 5.32 Å². The second-order valence-corrected chi connectivity index (χ2v) is 7.20. The summed E-state index contributed by atoms with van der Waals surface area (Å²) >= 11 is 0. The third-order valence-corrected chi connectivity index (χ3v) is 5.61. The van der Waals surface area contributed by atoms with E-state index in [-0.39, 0.29) is 0 Å². The van der Waals surface area contributed by atoms with Gasteiger partial charge in [-0.3, -0.25) is 0 Å². The Hall–Kier alpha value is -0.380. The number of hydrogen-bond acceptors (Lipinski definition) is 3. The van der Waals surface area contributed by atoms with Gasteiger partial charge in [-0.05, 0) is 39.8 Å². The average Bonchev–Trinajstić information content (AvgIpc) is 2.34. The van der Waals surface area contributed by atoms with Crippen LogP contribution in [0.25, 0.3) is 0 Å². The van der Waals surface area contributed by atoms with E-state index in [9.17, 15) is 21.6 Å². The van der Waals surface area contributed by atoms with Gasteiger partial charge in [0, 0.05) is 19.1 Å². The molecule has 0 aromatic carbocycles. The smallest absolute Gasteiger partial charge is 0.317 e. The van der Waals surface area contributed by atoms with Crippen molar-refractivity contribution in [1.29, 1.82) is 0 Å². The van der Waals surface area contributed by atoms with E-state index in [1.165, 1.54) is 7.05 Å². The van der Waals surface area contributed by atoms with Crippen LogP contribution in [-0.2, 0) is 10.2 Å². The van der Waals surface area contributed by atoms with Gasteiger partial charge in [0.1, 0.15) is 6.54 Å². The molecule has 0 unspecified atom stereocenters. The van der Waals surface area contributed by atoms with Crippen LogP contribution in [0.15, 0.2) is 0 Å². The Morgan fingerprint density at radius 2 is 1.75 bits per heavy atom. The molecule has 0 aromatic heterocycles. The molecule has 1 fully saturated rings. The van der Waals surface area contributed by atoms with Crippen LogP contribution in [0.4, 0.5) is 13.2 Å². The van der Waals surface area contributed by atoms with Crippen molar-refractivity contribution in [1.82, 2.24) is 13.9 Å². The zero-order valence-corrected chi connectivity index (χ0v) is 12.8. The SMILES string of the molecule is CC(C)N(C)S(=O)(=O)N(CC(F)(F)F)C1CCNCC1. The number of alkyl halides is 3.